The molecule has 0 saturated heterocycles. The van der Waals surface area contributed by atoms with Crippen LogP contribution in [-0.4, -0.2) is 18.5 Å². The van der Waals surface area contributed by atoms with Crippen LogP contribution in [0, 0.1) is 0 Å². The van der Waals surface area contributed by atoms with Gasteiger partial charge < -0.3 is 8.97 Å². The molecular weight excluding hydrogens is 503 g/mol. The lowest BCUT2D eigenvalue weighted by atomic mass is 10.1. The van der Waals surface area contributed by atoms with E-state index in [1.807, 2.05) is 48.5 Å². The molecule has 0 bridgehead atoms. The van der Waals surface area contributed by atoms with Crippen molar-refractivity contribution < 1.29 is 35.1 Å². The fraction of sp³-hybridized carbons (Fsp3) is 0.0357. The van der Waals surface area contributed by atoms with Crippen LogP contribution in [-0.2, 0) is 10.1 Å². The predicted molar refractivity (Wildman–Crippen MR) is 132 cm³/mol. The molecule has 0 aliphatic carbocycles. The molecule has 0 radical (unpaired) electrons. The van der Waals surface area contributed by atoms with Crippen LogP contribution in [0.2, 0.25) is 0 Å². The standard InChI is InChI=1S/C27H20NO.CHF3O3S/c1-5-13-21(14-6-1)25-26(22-15-7-2-8-16-22)29-27(23-17-9-3-10-18-23)28(25)24-19-11-4-12-20-24;2-1(3,4)8(5,6)7/h1-20H;(H,5,6,7)/q+1;/p-1. The number of alkyl halides is 3. The fourth-order valence-electron chi connectivity index (χ4n) is 3.63. The number of oxazole rings is 1. The van der Waals surface area contributed by atoms with Crippen molar-refractivity contribution in [2.75, 3.05) is 0 Å². The van der Waals surface area contributed by atoms with Crippen molar-refractivity contribution in [1.29, 1.82) is 0 Å². The highest BCUT2D eigenvalue weighted by molar-refractivity contribution is 7.86. The minimum absolute atomic E-state index is 0.814. The first kappa shape index (κ1) is 25.9. The monoisotopic (exact) mass is 523 g/mol. The Morgan fingerprint density at radius 1 is 0.622 bits per heavy atom. The van der Waals surface area contributed by atoms with Gasteiger partial charge in [0.2, 0.25) is 11.4 Å². The van der Waals surface area contributed by atoms with Crippen LogP contribution >= 0.6 is 0 Å². The second kappa shape index (κ2) is 10.8. The lowest BCUT2D eigenvalue weighted by Crippen LogP contribution is -2.33. The van der Waals surface area contributed by atoms with Crippen molar-refractivity contribution in [3.05, 3.63) is 121 Å². The third-order valence-corrected chi connectivity index (χ3v) is 5.81. The lowest BCUT2D eigenvalue weighted by molar-refractivity contribution is -0.575. The molecule has 0 unspecified atom stereocenters. The molecular formula is C28H20F3NO4S. The van der Waals surface area contributed by atoms with Gasteiger partial charge in [0.15, 0.2) is 10.1 Å². The molecule has 5 aromatic rings. The van der Waals surface area contributed by atoms with Crippen molar-refractivity contribution in [2.24, 2.45) is 0 Å². The first-order valence-corrected chi connectivity index (χ1v) is 12.4. The SMILES string of the molecule is O=S(=O)([O-])C(F)(F)F.c1ccc(-c2oc(-c3ccccc3)[n+](-c3ccccc3)c2-c2ccccc2)cc1. The van der Waals surface area contributed by atoms with E-state index in [0.717, 1.165) is 39.7 Å². The number of rotatable bonds is 4. The van der Waals surface area contributed by atoms with Crippen LogP contribution < -0.4 is 4.57 Å². The zero-order valence-corrected chi connectivity index (χ0v) is 20.0. The van der Waals surface area contributed by atoms with Gasteiger partial charge in [0.1, 0.15) is 0 Å². The van der Waals surface area contributed by atoms with Crippen LogP contribution in [0.5, 0.6) is 0 Å². The number of aromatic nitrogens is 1. The molecule has 1 aromatic heterocycles. The van der Waals surface area contributed by atoms with E-state index in [4.69, 9.17) is 17.4 Å². The summed E-state index contributed by atoms with van der Waals surface area (Å²) in [5.41, 5.74) is -0.333. The van der Waals surface area contributed by atoms with Crippen molar-refractivity contribution in [3.63, 3.8) is 0 Å². The lowest BCUT2D eigenvalue weighted by Gasteiger charge is -2.08. The van der Waals surface area contributed by atoms with E-state index in [-0.39, 0.29) is 0 Å². The zero-order valence-electron chi connectivity index (χ0n) is 19.2. The Labute approximate surface area is 211 Å². The molecule has 4 aromatic carbocycles. The molecule has 0 N–H and O–H groups in total. The van der Waals surface area contributed by atoms with E-state index in [2.05, 4.69) is 77.4 Å². The molecule has 0 spiro atoms. The van der Waals surface area contributed by atoms with Crippen LogP contribution in [0.15, 0.2) is 126 Å². The minimum atomic E-state index is -6.09. The average molecular weight is 524 g/mol. The molecule has 188 valence electrons. The molecule has 0 atom stereocenters. The molecule has 5 rings (SSSR count). The van der Waals surface area contributed by atoms with Gasteiger partial charge in [-0.1, -0.05) is 84.9 Å². The van der Waals surface area contributed by atoms with Crippen LogP contribution in [0.1, 0.15) is 0 Å². The van der Waals surface area contributed by atoms with Crippen molar-refractivity contribution in [1.82, 2.24) is 0 Å². The van der Waals surface area contributed by atoms with E-state index >= 15 is 0 Å². The van der Waals surface area contributed by atoms with Crippen molar-refractivity contribution >= 4 is 10.1 Å². The molecule has 0 aliphatic rings. The summed E-state index contributed by atoms with van der Waals surface area (Å²) in [6, 6.07) is 41.4. The summed E-state index contributed by atoms with van der Waals surface area (Å²) in [6.45, 7) is 0. The van der Waals surface area contributed by atoms with Crippen molar-refractivity contribution in [2.45, 2.75) is 5.51 Å². The van der Waals surface area contributed by atoms with Gasteiger partial charge in [0, 0.05) is 17.7 Å². The van der Waals surface area contributed by atoms with E-state index in [0.29, 0.717) is 0 Å². The van der Waals surface area contributed by atoms with Gasteiger partial charge in [-0.25, -0.2) is 8.42 Å². The largest absolute Gasteiger partial charge is 0.741 e. The third-order valence-electron chi connectivity index (χ3n) is 5.24. The number of benzene rings is 4. The third kappa shape index (κ3) is 5.96. The Kier molecular flexibility index (Phi) is 7.56. The van der Waals surface area contributed by atoms with Crippen LogP contribution in [0.4, 0.5) is 13.2 Å². The zero-order chi connectivity index (χ0) is 26.5. The van der Waals surface area contributed by atoms with Crippen LogP contribution in [0.25, 0.3) is 39.7 Å². The molecule has 37 heavy (non-hydrogen) atoms. The number of nitrogens with zero attached hydrogens (tertiary/aromatic N) is 1. The van der Waals surface area contributed by atoms with Gasteiger partial charge in [-0.05, 0) is 24.3 Å². The summed E-state index contributed by atoms with van der Waals surface area (Å²) in [5.74, 6) is 1.68. The van der Waals surface area contributed by atoms with E-state index in [1.165, 1.54) is 0 Å². The van der Waals surface area contributed by atoms with Gasteiger partial charge >= 0.3 is 11.4 Å². The Morgan fingerprint density at radius 3 is 1.43 bits per heavy atom. The maximum Gasteiger partial charge on any atom is 0.485 e. The van der Waals surface area contributed by atoms with Gasteiger partial charge in [-0.2, -0.15) is 13.2 Å². The highest BCUT2D eigenvalue weighted by atomic mass is 32.2. The normalized spacial score (nSPS) is 11.5. The van der Waals surface area contributed by atoms with E-state index in [1.54, 1.807) is 0 Å². The Hall–Kier alpha value is -4.21. The summed E-state index contributed by atoms with van der Waals surface area (Å²) < 4.78 is 67.7. The highest BCUT2D eigenvalue weighted by Crippen LogP contribution is 2.35. The van der Waals surface area contributed by atoms with Gasteiger partial charge in [0.25, 0.3) is 5.69 Å². The number of hydrogen-bond donors (Lipinski definition) is 0. The molecule has 0 amide bonds. The minimum Gasteiger partial charge on any atom is -0.741 e. The predicted octanol–water partition coefficient (Wildman–Crippen LogP) is 6.61. The topological polar surface area (TPSA) is 74.2 Å². The molecule has 0 saturated carbocycles. The Balaban J connectivity index is 0.000000349. The first-order valence-electron chi connectivity index (χ1n) is 11.0. The average Bonchev–Trinajstić information content (AvgIpc) is 3.31. The maximum atomic E-state index is 10.7. The fourth-order valence-corrected chi connectivity index (χ4v) is 3.63. The number of halogens is 3. The quantitative estimate of drug-likeness (QED) is 0.151. The smallest absolute Gasteiger partial charge is 0.485 e. The Morgan fingerprint density at radius 2 is 1.00 bits per heavy atom. The first-order chi connectivity index (χ1) is 17.7. The summed E-state index contributed by atoms with van der Waals surface area (Å²) in [4.78, 5) is 0. The molecule has 9 heteroatoms. The molecule has 1 heterocycles. The summed E-state index contributed by atoms with van der Waals surface area (Å²) in [7, 11) is -6.09. The molecule has 0 fully saturated rings. The van der Waals surface area contributed by atoms with Crippen LogP contribution in [0.3, 0.4) is 0 Å². The van der Waals surface area contributed by atoms with Gasteiger partial charge in [0.05, 0.1) is 11.1 Å². The van der Waals surface area contributed by atoms with E-state index < -0.39 is 15.6 Å². The molecule has 0 aliphatic heterocycles. The van der Waals surface area contributed by atoms with Gasteiger partial charge in [-0.15, -0.1) is 4.57 Å². The highest BCUT2D eigenvalue weighted by Gasteiger charge is 2.37. The number of para-hydroxylation sites is 1. The summed E-state index contributed by atoms with van der Waals surface area (Å²) >= 11 is 0. The van der Waals surface area contributed by atoms with Crippen molar-refractivity contribution in [3.8, 4) is 39.7 Å². The Bertz CT molecular complexity index is 1460. The second-order valence-electron chi connectivity index (χ2n) is 7.75. The van der Waals surface area contributed by atoms with Gasteiger partial charge in [-0.3, -0.25) is 0 Å². The van der Waals surface area contributed by atoms with E-state index in [9.17, 15) is 13.2 Å². The summed E-state index contributed by atoms with van der Waals surface area (Å²) in [5, 5.41) is 0. The molecule has 5 nitrogen and oxygen atoms in total. The maximum absolute atomic E-state index is 10.7. The summed E-state index contributed by atoms with van der Waals surface area (Å²) in [6.07, 6.45) is 0. The number of hydrogen-bond acceptors (Lipinski definition) is 4. The second-order valence-corrected chi connectivity index (χ2v) is 9.13.